The average Bonchev–Trinajstić information content (AvgIpc) is 3.02. The van der Waals surface area contributed by atoms with E-state index in [1.807, 2.05) is 54.3 Å². The minimum Gasteiger partial charge on any atom is -0.452 e. The van der Waals surface area contributed by atoms with E-state index in [1.165, 1.54) is 17.6 Å². The molecule has 27 heavy (non-hydrogen) atoms. The van der Waals surface area contributed by atoms with Crippen LogP contribution in [-0.4, -0.2) is 38.2 Å². The molecule has 0 aliphatic carbocycles. The number of nitrogens with one attached hydrogen (secondary N) is 1. The van der Waals surface area contributed by atoms with E-state index in [4.69, 9.17) is 4.74 Å². The van der Waals surface area contributed by atoms with Crippen molar-refractivity contribution in [3.63, 3.8) is 0 Å². The van der Waals surface area contributed by atoms with Crippen LogP contribution in [0.5, 0.6) is 0 Å². The molecule has 1 aliphatic heterocycles. The van der Waals surface area contributed by atoms with E-state index in [2.05, 4.69) is 18.3 Å². The number of anilines is 3. The van der Waals surface area contributed by atoms with E-state index in [0.717, 1.165) is 17.8 Å². The number of methoxy groups -OCH3 is 1. The zero-order valence-electron chi connectivity index (χ0n) is 16.1. The second-order valence-electron chi connectivity index (χ2n) is 6.83. The Morgan fingerprint density at radius 2 is 1.85 bits per heavy atom. The fraction of sp³-hybridized carbons (Fsp3) is 0.333. The van der Waals surface area contributed by atoms with Gasteiger partial charge in [0.05, 0.1) is 7.11 Å². The number of hydrogen-bond acceptors (Lipinski definition) is 4. The van der Waals surface area contributed by atoms with E-state index in [1.54, 1.807) is 7.05 Å². The molecule has 0 aromatic heterocycles. The molecule has 6 nitrogen and oxygen atoms in total. The molecule has 2 amide bonds. The zero-order chi connectivity index (χ0) is 19.6. The first kappa shape index (κ1) is 18.8. The summed E-state index contributed by atoms with van der Waals surface area (Å²) in [5.74, 6) is 0.0446. The van der Waals surface area contributed by atoms with Gasteiger partial charge in [-0.1, -0.05) is 18.2 Å². The molecule has 1 heterocycles. The van der Waals surface area contributed by atoms with Crippen LogP contribution in [0.3, 0.4) is 0 Å². The topological polar surface area (TPSA) is 61.9 Å². The maximum Gasteiger partial charge on any atom is 0.413 e. The summed E-state index contributed by atoms with van der Waals surface area (Å²) < 4.78 is 4.71. The smallest absolute Gasteiger partial charge is 0.413 e. The Morgan fingerprint density at radius 1 is 1.19 bits per heavy atom. The molecule has 0 spiro atoms. The second-order valence-corrected chi connectivity index (χ2v) is 6.83. The molecule has 2 atom stereocenters. The van der Waals surface area contributed by atoms with E-state index < -0.39 is 6.09 Å². The summed E-state index contributed by atoms with van der Waals surface area (Å²) >= 11 is 0. The summed E-state index contributed by atoms with van der Waals surface area (Å²) in [6, 6.07) is 15.1. The van der Waals surface area contributed by atoms with Gasteiger partial charge < -0.3 is 15.0 Å². The highest BCUT2D eigenvalue weighted by Gasteiger charge is 2.32. The van der Waals surface area contributed by atoms with E-state index in [9.17, 15) is 9.59 Å². The molecule has 3 rings (SSSR count). The number of carbonyl (C=O) groups is 2. The van der Waals surface area contributed by atoms with Crippen molar-refractivity contribution < 1.29 is 14.3 Å². The Morgan fingerprint density at radius 3 is 2.52 bits per heavy atom. The first-order valence-corrected chi connectivity index (χ1v) is 9.01. The van der Waals surface area contributed by atoms with E-state index in [-0.39, 0.29) is 18.0 Å². The van der Waals surface area contributed by atoms with Crippen LogP contribution in [0.15, 0.2) is 48.5 Å². The SMILES string of the molecule is COC(=O)N(C)c1ccc(NC(C)C(=O)N2c3ccccc3CC2C)cc1. The molecule has 0 bridgehead atoms. The molecule has 2 aromatic rings. The second kappa shape index (κ2) is 7.70. The first-order chi connectivity index (χ1) is 12.9. The van der Waals surface area contributed by atoms with Gasteiger partial charge in [0.15, 0.2) is 0 Å². The molecule has 0 saturated carbocycles. The summed E-state index contributed by atoms with van der Waals surface area (Å²) in [5, 5.41) is 3.25. The van der Waals surface area contributed by atoms with Crippen molar-refractivity contribution in [3.05, 3.63) is 54.1 Å². The van der Waals surface area contributed by atoms with Crippen LogP contribution in [0.25, 0.3) is 0 Å². The molecule has 0 radical (unpaired) electrons. The number of para-hydroxylation sites is 1. The summed E-state index contributed by atoms with van der Waals surface area (Å²) in [5.41, 5.74) is 3.74. The fourth-order valence-electron chi connectivity index (χ4n) is 3.45. The van der Waals surface area contributed by atoms with Gasteiger partial charge >= 0.3 is 6.09 Å². The molecule has 6 heteroatoms. The lowest BCUT2D eigenvalue weighted by molar-refractivity contribution is -0.119. The third-order valence-corrected chi connectivity index (χ3v) is 4.90. The maximum absolute atomic E-state index is 13.0. The molecule has 142 valence electrons. The molecule has 2 aromatic carbocycles. The van der Waals surface area contributed by atoms with Crippen LogP contribution in [0, 0.1) is 0 Å². The quantitative estimate of drug-likeness (QED) is 0.896. The highest BCUT2D eigenvalue weighted by molar-refractivity contribution is 6.00. The average molecular weight is 367 g/mol. The van der Waals surface area contributed by atoms with Gasteiger partial charge in [0.1, 0.15) is 6.04 Å². The number of ether oxygens (including phenoxy) is 1. The third-order valence-electron chi connectivity index (χ3n) is 4.90. The number of hydrogen-bond donors (Lipinski definition) is 1. The molecular formula is C21H25N3O3. The maximum atomic E-state index is 13.0. The third kappa shape index (κ3) is 3.74. The number of carbonyl (C=O) groups excluding carboxylic acids is 2. The summed E-state index contributed by atoms with van der Waals surface area (Å²) in [6.07, 6.45) is 0.448. The number of fused-ring (bicyclic) bond motifs is 1. The van der Waals surface area contributed by atoms with Gasteiger partial charge in [-0.2, -0.15) is 0 Å². The predicted molar refractivity (Wildman–Crippen MR) is 107 cm³/mol. The van der Waals surface area contributed by atoms with Gasteiger partial charge in [-0.3, -0.25) is 9.69 Å². The molecule has 2 unspecified atom stereocenters. The van der Waals surface area contributed by atoms with E-state index in [0.29, 0.717) is 5.69 Å². The molecule has 0 fully saturated rings. The summed E-state index contributed by atoms with van der Waals surface area (Å²) in [4.78, 5) is 27.9. The Labute approximate surface area is 159 Å². The fourth-order valence-corrected chi connectivity index (χ4v) is 3.45. The van der Waals surface area contributed by atoms with Crippen molar-refractivity contribution in [1.82, 2.24) is 0 Å². The number of nitrogens with zero attached hydrogens (tertiary/aromatic N) is 2. The van der Waals surface area contributed by atoms with Gasteiger partial charge in [0.2, 0.25) is 5.91 Å². The van der Waals surface area contributed by atoms with Crippen LogP contribution < -0.4 is 15.1 Å². The van der Waals surface area contributed by atoms with E-state index >= 15 is 0 Å². The highest BCUT2D eigenvalue weighted by atomic mass is 16.5. The lowest BCUT2D eigenvalue weighted by Gasteiger charge is -2.27. The Hall–Kier alpha value is -3.02. The Balaban J connectivity index is 1.69. The normalized spacial score (nSPS) is 16.4. The van der Waals surface area contributed by atoms with Gasteiger partial charge in [-0.25, -0.2) is 4.79 Å². The monoisotopic (exact) mass is 367 g/mol. The molecule has 1 N–H and O–H groups in total. The molecule has 1 aliphatic rings. The summed E-state index contributed by atoms with van der Waals surface area (Å²) in [7, 11) is 2.99. The largest absolute Gasteiger partial charge is 0.452 e. The van der Waals surface area contributed by atoms with Crippen molar-refractivity contribution in [2.24, 2.45) is 0 Å². The van der Waals surface area contributed by atoms with Gasteiger partial charge in [-0.05, 0) is 56.2 Å². The standard InChI is InChI=1S/C21H25N3O3/c1-14-13-16-7-5-6-8-19(16)24(14)20(25)15(2)22-17-9-11-18(12-10-17)23(3)21(26)27-4/h5-12,14-15,22H,13H2,1-4H3. The Bertz CT molecular complexity index is 835. The van der Waals surface area contributed by atoms with Crippen LogP contribution in [0.1, 0.15) is 19.4 Å². The highest BCUT2D eigenvalue weighted by Crippen LogP contribution is 2.32. The van der Waals surface area contributed by atoms with Crippen molar-refractivity contribution in [3.8, 4) is 0 Å². The first-order valence-electron chi connectivity index (χ1n) is 9.01. The van der Waals surface area contributed by atoms with Crippen LogP contribution >= 0.6 is 0 Å². The van der Waals surface area contributed by atoms with Crippen molar-refractivity contribution in [2.45, 2.75) is 32.4 Å². The summed E-state index contributed by atoms with van der Waals surface area (Å²) in [6.45, 7) is 3.94. The lowest BCUT2D eigenvalue weighted by atomic mass is 10.1. The molecule has 0 saturated heterocycles. The van der Waals surface area contributed by atoms with Gasteiger partial charge in [0.25, 0.3) is 0 Å². The Kier molecular flexibility index (Phi) is 5.35. The van der Waals surface area contributed by atoms with Crippen molar-refractivity contribution in [2.75, 3.05) is 29.3 Å². The van der Waals surface area contributed by atoms with Gasteiger partial charge in [0, 0.05) is 30.2 Å². The van der Waals surface area contributed by atoms with Gasteiger partial charge in [-0.15, -0.1) is 0 Å². The number of amides is 2. The minimum atomic E-state index is -0.430. The molecular weight excluding hydrogens is 342 g/mol. The zero-order valence-corrected chi connectivity index (χ0v) is 16.1. The van der Waals surface area contributed by atoms with Crippen molar-refractivity contribution >= 4 is 29.1 Å². The van der Waals surface area contributed by atoms with Crippen LogP contribution in [0.4, 0.5) is 21.9 Å². The lowest BCUT2D eigenvalue weighted by Crippen LogP contribution is -2.44. The van der Waals surface area contributed by atoms with Crippen LogP contribution in [-0.2, 0) is 16.0 Å². The predicted octanol–water partition coefficient (Wildman–Crippen LogP) is 3.67. The number of benzene rings is 2. The van der Waals surface area contributed by atoms with Crippen LogP contribution in [0.2, 0.25) is 0 Å². The van der Waals surface area contributed by atoms with Crippen molar-refractivity contribution in [1.29, 1.82) is 0 Å². The number of rotatable bonds is 4. The minimum absolute atomic E-state index is 0.0446.